The van der Waals surface area contributed by atoms with Crippen molar-refractivity contribution in [3.8, 4) is 0 Å². The Morgan fingerprint density at radius 2 is 2.12 bits per heavy atom. The van der Waals surface area contributed by atoms with E-state index in [9.17, 15) is 9.59 Å². The van der Waals surface area contributed by atoms with Gasteiger partial charge < -0.3 is 5.32 Å². The largest absolute Gasteiger partial charge is 0.309 e. The second-order valence-corrected chi connectivity index (χ2v) is 6.92. The molecule has 7 nitrogen and oxygen atoms in total. The summed E-state index contributed by atoms with van der Waals surface area (Å²) in [6.07, 6.45) is 3.06. The summed E-state index contributed by atoms with van der Waals surface area (Å²) in [4.78, 5) is 28.8. The smallest absolute Gasteiger partial charge is 0.271 e. The predicted octanol–water partition coefficient (Wildman–Crippen LogP) is 2.51. The summed E-state index contributed by atoms with van der Waals surface area (Å²) in [7, 11) is 0. The molecule has 1 N–H and O–H groups in total. The Kier molecular flexibility index (Phi) is 4.48. The minimum atomic E-state index is -0.285. The van der Waals surface area contributed by atoms with Gasteiger partial charge in [0.1, 0.15) is 17.1 Å². The first-order chi connectivity index (χ1) is 11.5. The van der Waals surface area contributed by atoms with E-state index in [1.54, 1.807) is 23.0 Å². The van der Waals surface area contributed by atoms with Crippen molar-refractivity contribution >= 4 is 33.3 Å². The van der Waals surface area contributed by atoms with Crippen molar-refractivity contribution in [3.63, 3.8) is 0 Å². The highest BCUT2D eigenvalue weighted by Gasteiger charge is 2.16. The highest BCUT2D eigenvalue weighted by Crippen LogP contribution is 2.20. The summed E-state index contributed by atoms with van der Waals surface area (Å²) in [6.45, 7) is 6.16. The van der Waals surface area contributed by atoms with E-state index in [2.05, 4.69) is 29.2 Å². The molecule has 0 fully saturated rings. The van der Waals surface area contributed by atoms with E-state index in [0.717, 1.165) is 0 Å². The molecule has 1 amide bonds. The topological polar surface area (TPSA) is 81.8 Å². The standard InChI is InChI=1S/C16H19N5O2S/c1-10(2)11(3)21-13(4-6-18-21)19-14(22)8-20-9-17-12-5-7-24-15(12)16(20)23/h4-7,9-11H,8H2,1-3H3,(H,19,22)/t11-/m1/s1. The fraction of sp³-hybridized carbons (Fsp3) is 0.375. The number of nitrogens with zero attached hydrogens (tertiary/aromatic N) is 4. The van der Waals surface area contributed by atoms with Gasteiger partial charge in [-0.2, -0.15) is 5.10 Å². The second-order valence-electron chi connectivity index (χ2n) is 6.01. The summed E-state index contributed by atoms with van der Waals surface area (Å²) < 4.78 is 3.66. The van der Waals surface area contributed by atoms with Crippen LogP contribution < -0.4 is 10.9 Å². The van der Waals surface area contributed by atoms with Gasteiger partial charge >= 0.3 is 0 Å². The number of fused-ring (bicyclic) bond motifs is 1. The number of amides is 1. The Hall–Kier alpha value is -2.48. The van der Waals surface area contributed by atoms with Crippen LogP contribution in [0.3, 0.4) is 0 Å². The lowest BCUT2D eigenvalue weighted by Crippen LogP contribution is -2.28. The lowest BCUT2D eigenvalue weighted by atomic mass is 10.1. The van der Waals surface area contributed by atoms with Crippen LogP contribution in [0.1, 0.15) is 26.8 Å². The molecule has 8 heteroatoms. The van der Waals surface area contributed by atoms with E-state index in [4.69, 9.17) is 0 Å². The average molecular weight is 345 g/mol. The van der Waals surface area contributed by atoms with Gasteiger partial charge in [0.25, 0.3) is 5.56 Å². The quantitative estimate of drug-likeness (QED) is 0.770. The maximum atomic E-state index is 12.3. The zero-order valence-electron chi connectivity index (χ0n) is 13.8. The summed E-state index contributed by atoms with van der Waals surface area (Å²) in [6, 6.07) is 3.69. The van der Waals surface area contributed by atoms with Gasteiger partial charge in [-0.25, -0.2) is 9.67 Å². The second kappa shape index (κ2) is 6.56. The molecule has 3 aromatic rings. The van der Waals surface area contributed by atoms with Crippen LogP contribution in [0.15, 0.2) is 34.8 Å². The van der Waals surface area contributed by atoms with E-state index in [1.165, 1.54) is 22.2 Å². The average Bonchev–Trinajstić information content (AvgIpc) is 3.18. The van der Waals surface area contributed by atoms with Gasteiger partial charge in [-0.3, -0.25) is 14.2 Å². The van der Waals surface area contributed by atoms with E-state index in [0.29, 0.717) is 22.0 Å². The lowest BCUT2D eigenvalue weighted by Gasteiger charge is -2.19. The number of aromatic nitrogens is 4. The van der Waals surface area contributed by atoms with Crippen molar-refractivity contribution in [2.75, 3.05) is 5.32 Å². The van der Waals surface area contributed by atoms with Crippen molar-refractivity contribution in [2.24, 2.45) is 5.92 Å². The van der Waals surface area contributed by atoms with E-state index in [1.807, 2.05) is 12.3 Å². The highest BCUT2D eigenvalue weighted by molar-refractivity contribution is 7.17. The number of rotatable bonds is 5. The maximum absolute atomic E-state index is 12.3. The molecule has 24 heavy (non-hydrogen) atoms. The van der Waals surface area contributed by atoms with E-state index < -0.39 is 0 Å². The van der Waals surface area contributed by atoms with Crippen LogP contribution in [0.5, 0.6) is 0 Å². The van der Waals surface area contributed by atoms with Gasteiger partial charge in [0, 0.05) is 6.07 Å². The third kappa shape index (κ3) is 3.09. The van der Waals surface area contributed by atoms with Crippen molar-refractivity contribution < 1.29 is 4.79 Å². The summed E-state index contributed by atoms with van der Waals surface area (Å²) in [5, 5.41) is 8.91. The van der Waals surface area contributed by atoms with Gasteiger partial charge in [0.05, 0.1) is 24.1 Å². The fourth-order valence-corrected chi connectivity index (χ4v) is 3.14. The van der Waals surface area contributed by atoms with Crippen molar-refractivity contribution in [2.45, 2.75) is 33.4 Å². The number of hydrogen-bond acceptors (Lipinski definition) is 5. The third-order valence-electron chi connectivity index (χ3n) is 4.04. The molecule has 0 bridgehead atoms. The molecule has 3 rings (SSSR count). The summed E-state index contributed by atoms with van der Waals surface area (Å²) in [5.74, 6) is 0.723. The molecule has 126 valence electrons. The van der Waals surface area contributed by atoms with Crippen LogP contribution in [0.4, 0.5) is 5.82 Å². The first kappa shape index (κ1) is 16.4. The number of nitrogens with one attached hydrogen (secondary N) is 1. The van der Waals surface area contributed by atoms with Gasteiger partial charge in [-0.15, -0.1) is 11.3 Å². The zero-order valence-corrected chi connectivity index (χ0v) is 14.6. The normalized spacial score (nSPS) is 12.7. The van der Waals surface area contributed by atoms with Gasteiger partial charge in [0.2, 0.25) is 5.91 Å². The monoisotopic (exact) mass is 345 g/mol. The van der Waals surface area contributed by atoms with Gasteiger partial charge in [-0.1, -0.05) is 13.8 Å². The first-order valence-corrected chi connectivity index (χ1v) is 8.61. The minimum absolute atomic E-state index is 0.0824. The lowest BCUT2D eigenvalue weighted by molar-refractivity contribution is -0.116. The van der Waals surface area contributed by atoms with E-state index >= 15 is 0 Å². The molecule has 3 heterocycles. The SMILES string of the molecule is CC(C)[C@@H](C)n1nccc1NC(=O)Cn1cnc2ccsc2c1=O. The van der Waals surface area contributed by atoms with E-state index in [-0.39, 0.29) is 24.1 Å². The van der Waals surface area contributed by atoms with Crippen LogP contribution in [0.25, 0.3) is 10.2 Å². The molecule has 0 aromatic carbocycles. The predicted molar refractivity (Wildman–Crippen MR) is 94.3 cm³/mol. The molecule has 0 radical (unpaired) electrons. The minimum Gasteiger partial charge on any atom is -0.309 e. The number of carbonyl (C=O) groups is 1. The fourth-order valence-electron chi connectivity index (χ4n) is 2.35. The molecule has 0 aliphatic rings. The highest BCUT2D eigenvalue weighted by atomic mass is 32.1. The molecule has 0 unspecified atom stereocenters. The molecular formula is C16H19N5O2S. The van der Waals surface area contributed by atoms with Crippen molar-refractivity contribution in [1.82, 2.24) is 19.3 Å². The Labute approximate surface area is 142 Å². The Balaban J connectivity index is 1.77. The number of carbonyl (C=O) groups excluding carboxylic acids is 1. The van der Waals surface area contributed by atoms with Crippen LogP contribution in [-0.4, -0.2) is 25.2 Å². The number of anilines is 1. The molecule has 1 atom stereocenters. The molecule has 0 aliphatic heterocycles. The number of hydrogen-bond donors (Lipinski definition) is 1. The van der Waals surface area contributed by atoms with Crippen LogP contribution in [0.2, 0.25) is 0 Å². The van der Waals surface area contributed by atoms with Crippen molar-refractivity contribution in [1.29, 1.82) is 0 Å². The van der Waals surface area contributed by atoms with Crippen molar-refractivity contribution in [3.05, 3.63) is 40.4 Å². The Morgan fingerprint density at radius 1 is 1.33 bits per heavy atom. The van der Waals surface area contributed by atoms with Crippen LogP contribution in [0, 0.1) is 5.92 Å². The van der Waals surface area contributed by atoms with Crippen LogP contribution >= 0.6 is 11.3 Å². The number of thiophene rings is 1. The first-order valence-electron chi connectivity index (χ1n) is 7.73. The molecule has 0 saturated carbocycles. The summed E-state index contributed by atoms with van der Waals surface area (Å²) in [5.41, 5.74) is 0.458. The van der Waals surface area contributed by atoms with Gasteiger partial charge in [0.15, 0.2) is 0 Å². The third-order valence-corrected chi connectivity index (χ3v) is 4.93. The Bertz CT molecular complexity index is 924. The maximum Gasteiger partial charge on any atom is 0.271 e. The Morgan fingerprint density at radius 3 is 2.88 bits per heavy atom. The molecule has 0 spiro atoms. The molecule has 0 aliphatic carbocycles. The molecular weight excluding hydrogens is 326 g/mol. The molecule has 0 saturated heterocycles. The molecule has 3 aromatic heterocycles. The summed E-state index contributed by atoms with van der Waals surface area (Å²) >= 11 is 1.33. The zero-order chi connectivity index (χ0) is 17.3. The van der Waals surface area contributed by atoms with Gasteiger partial charge in [-0.05, 0) is 24.3 Å². The van der Waals surface area contributed by atoms with Crippen LogP contribution in [-0.2, 0) is 11.3 Å².